The highest BCUT2D eigenvalue weighted by molar-refractivity contribution is 7.89. The first-order valence-electron chi connectivity index (χ1n) is 1.89. The van der Waals surface area contributed by atoms with Crippen LogP contribution in [0.1, 0.15) is 6.92 Å². The zero-order valence-corrected chi connectivity index (χ0v) is 4.83. The van der Waals surface area contributed by atoms with Crippen LogP contribution in [0.2, 0.25) is 0 Å². The molecule has 1 atom stereocenters. The maximum absolute atomic E-state index is 10.2. The summed E-state index contributed by atoms with van der Waals surface area (Å²) < 4.78 is 12.3. The number of nitrogens with one attached hydrogen (secondary N) is 1. The Morgan fingerprint density at radius 2 is 2.57 bits per heavy atom. The average molecular weight is 121 g/mol. The minimum Gasteiger partial charge on any atom is -0.593 e. The van der Waals surface area contributed by atoms with Gasteiger partial charge < -0.3 is 4.55 Å². The number of amides is 1. The Bertz CT molecular complexity index is 58.9. The average Bonchev–Trinajstić information content (AvgIpc) is 1.68. The number of hydrogen-bond donors (Lipinski definition) is 1. The van der Waals surface area contributed by atoms with Crippen LogP contribution in [0.5, 0.6) is 0 Å². The predicted molar refractivity (Wildman–Crippen MR) is 27.9 cm³/mol. The third-order valence-electron chi connectivity index (χ3n) is 0.442. The molecule has 0 aliphatic carbocycles. The minimum absolute atomic E-state index is 0.430. The Balaban J connectivity index is 2.98. The molecule has 1 unspecified atom stereocenters. The van der Waals surface area contributed by atoms with Gasteiger partial charge in [-0.05, 0) is 6.92 Å². The van der Waals surface area contributed by atoms with E-state index in [0.29, 0.717) is 12.2 Å². The van der Waals surface area contributed by atoms with Gasteiger partial charge in [0.15, 0.2) is 0 Å². The van der Waals surface area contributed by atoms with Gasteiger partial charge in [0.05, 0.1) is 11.4 Å². The maximum atomic E-state index is 10.2. The molecule has 0 aromatic rings. The Morgan fingerprint density at radius 3 is 2.71 bits per heavy atom. The van der Waals surface area contributed by atoms with Crippen LogP contribution >= 0.6 is 0 Å². The summed E-state index contributed by atoms with van der Waals surface area (Å²) in [5.74, 6) is 0.471. The lowest BCUT2D eigenvalue weighted by atomic mass is 11.0. The molecule has 0 aliphatic rings. The van der Waals surface area contributed by atoms with E-state index >= 15 is 0 Å². The van der Waals surface area contributed by atoms with E-state index in [1.807, 2.05) is 0 Å². The highest BCUT2D eigenvalue weighted by Gasteiger charge is 1.94. The maximum Gasteiger partial charge on any atom is 0.248 e. The molecule has 0 rings (SSSR count). The molecule has 0 fully saturated rings. The number of hydrogen-bond acceptors (Lipinski definition) is 2. The van der Waals surface area contributed by atoms with Gasteiger partial charge in [-0.1, -0.05) is 0 Å². The van der Waals surface area contributed by atoms with E-state index in [4.69, 9.17) is 0 Å². The van der Waals surface area contributed by atoms with Crippen LogP contribution in [0.4, 0.5) is 0 Å². The summed E-state index contributed by atoms with van der Waals surface area (Å²) in [5.41, 5.74) is 0. The van der Waals surface area contributed by atoms with Gasteiger partial charge in [0.2, 0.25) is 6.41 Å². The van der Waals surface area contributed by atoms with E-state index < -0.39 is 11.4 Å². The number of carbonyl (C=O) groups excluding carboxylic acids is 1. The van der Waals surface area contributed by atoms with Gasteiger partial charge in [0.1, 0.15) is 5.75 Å². The van der Waals surface area contributed by atoms with Gasteiger partial charge in [-0.2, -0.15) is 4.72 Å². The molecule has 0 aromatic carbocycles. The van der Waals surface area contributed by atoms with E-state index in [1.54, 1.807) is 6.92 Å². The molecule has 0 spiro atoms. The molecule has 42 valence electrons. The molecule has 0 aliphatic heterocycles. The molecule has 0 saturated heterocycles. The first kappa shape index (κ1) is 6.78. The Kier molecular flexibility index (Phi) is 3.83. The van der Waals surface area contributed by atoms with Crippen molar-refractivity contribution in [2.24, 2.45) is 0 Å². The molecule has 4 heteroatoms. The van der Waals surface area contributed by atoms with Gasteiger partial charge in [0, 0.05) is 0 Å². The van der Waals surface area contributed by atoms with Crippen molar-refractivity contribution in [3.05, 3.63) is 0 Å². The molecular formula is C3H7NO2S. The summed E-state index contributed by atoms with van der Waals surface area (Å²) in [7, 11) is 0. The Labute approximate surface area is 45.4 Å². The molecule has 7 heavy (non-hydrogen) atoms. The van der Waals surface area contributed by atoms with Gasteiger partial charge in [-0.25, -0.2) is 0 Å². The summed E-state index contributed by atoms with van der Waals surface area (Å²) in [6, 6.07) is 0. The molecule has 1 N–H and O–H groups in total. The van der Waals surface area contributed by atoms with Crippen molar-refractivity contribution in [3.63, 3.8) is 0 Å². The van der Waals surface area contributed by atoms with Crippen molar-refractivity contribution >= 4 is 17.8 Å². The highest BCUT2D eigenvalue weighted by Crippen LogP contribution is 1.76. The van der Waals surface area contributed by atoms with Crippen molar-refractivity contribution in [1.82, 2.24) is 4.72 Å². The van der Waals surface area contributed by atoms with E-state index in [1.165, 1.54) is 0 Å². The number of rotatable bonds is 3. The SMILES string of the molecule is CC[S+]([O-])NC=O. The van der Waals surface area contributed by atoms with Crippen molar-refractivity contribution in [3.8, 4) is 0 Å². The fraction of sp³-hybridized carbons (Fsp3) is 0.667. The smallest absolute Gasteiger partial charge is 0.248 e. The largest absolute Gasteiger partial charge is 0.593 e. The Hall–Kier alpha value is -0.220. The van der Waals surface area contributed by atoms with E-state index in [2.05, 4.69) is 4.72 Å². The molecule has 0 bridgehead atoms. The lowest BCUT2D eigenvalue weighted by Gasteiger charge is -2.01. The predicted octanol–water partition coefficient (Wildman–Crippen LogP) is -0.584. The van der Waals surface area contributed by atoms with E-state index in [-0.39, 0.29) is 0 Å². The zero-order chi connectivity index (χ0) is 5.70. The van der Waals surface area contributed by atoms with Crippen molar-refractivity contribution < 1.29 is 9.35 Å². The lowest BCUT2D eigenvalue weighted by Crippen LogP contribution is -2.23. The summed E-state index contributed by atoms with van der Waals surface area (Å²) in [4.78, 5) is 9.47. The van der Waals surface area contributed by atoms with Crippen molar-refractivity contribution in [1.29, 1.82) is 0 Å². The van der Waals surface area contributed by atoms with Crippen molar-refractivity contribution in [2.75, 3.05) is 5.75 Å². The first-order valence-corrected chi connectivity index (χ1v) is 3.21. The molecule has 0 aromatic heterocycles. The minimum atomic E-state index is -1.15. The van der Waals surface area contributed by atoms with Crippen LogP contribution in [0.25, 0.3) is 0 Å². The fourth-order valence-electron chi connectivity index (χ4n) is 0.137. The molecule has 0 radical (unpaired) electrons. The standard InChI is InChI=1S/C3H7NO2S/c1-2-7(6)4-3-5/h3H,2H2,1H3,(H,4,5). The first-order chi connectivity index (χ1) is 3.31. The zero-order valence-electron chi connectivity index (χ0n) is 4.01. The molecule has 0 saturated carbocycles. The second kappa shape index (κ2) is 3.95. The van der Waals surface area contributed by atoms with Crippen LogP contribution in [-0.2, 0) is 16.2 Å². The highest BCUT2D eigenvalue weighted by atomic mass is 32.2. The quantitative estimate of drug-likeness (QED) is 0.401. The molecular weight excluding hydrogens is 114 g/mol. The fourth-order valence-corrected chi connectivity index (χ4v) is 0.411. The van der Waals surface area contributed by atoms with E-state index in [0.717, 1.165) is 0 Å². The summed E-state index contributed by atoms with van der Waals surface area (Å²) >= 11 is -1.15. The van der Waals surface area contributed by atoms with Gasteiger partial charge >= 0.3 is 0 Å². The summed E-state index contributed by atoms with van der Waals surface area (Å²) in [5, 5.41) is 0. The van der Waals surface area contributed by atoms with E-state index in [9.17, 15) is 9.35 Å². The summed E-state index contributed by atoms with van der Waals surface area (Å²) in [6.07, 6.45) is 0.430. The molecule has 1 amide bonds. The van der Waals surface area contributed by atoms with Crippen LogP contribution in [0, 0.1) is 0 Å². The van der Waals surface area contributed by atoms with Gasteiger partial charge in [0.25, 0.3) is 0 Å². The second-order valence-corrected chi connectivity index (χ2v) is 2.37. The normalized spacial score (nSPS) is 12.9. The number of carbonyl (C=O) groups is 1. The van der Waals surface area contributed by atoms with Crippen LogP contribution in [-0.4, -0.2) is 16.7 Å². The third-order valence-corrected chi connectivity index (χ3v) is 1.33. The topological polar surface area (TPSA) is 52.2 Å². The monoisotopic (exact) mass is 121 g/mol. The van der Waals surface area contributed by atoms with Crippen LogP contribution in [0.15, 0.2) is 0 Å². The molecule has 0 heterocycles. The summed E-state index contributed by atoms with van der Waals surface area (Å²) in [6.45, 7) is 1.73. The molecule has 3 nitrogen and oxygen atoms in total. The van der Waals surface area contributed by atoms with Crippen molar-refractivity contribution in [2.45, 2.75) is 6.92 Å². The van der Waals surface area contributed by atoms with Crippen LogP contribution in [0.3, 0.4) is 0 Å². The second-order valence-electron chi connectivity index (χ2n) is 0.870. The Morgan fingerprint density at radius 1 is 2.00 bits per heavy atom. The van der Waals surface area contributed by atoms with Crippen LogP contribution < -0.4 is 4.72 Å². The lowest BCUT2D eigenvalue weighted by molar-refractivity contribution is -0.108. The van der Waals surface area contributed by atoms with Gasteiger partial charge in [-0.15, -0.1) is 0 Å². The van der Waals surface area contributed by atoms with Gasteiger partial charge in [-0.3, -0.25) is 4.79 Å². The third kappa shape index (κ3) is 3.61.